The fourth-order valence-corrected chi connectivity index (χ4v) is 2.15. The van der Waals surface area contributed by atoms with Crippen molar-refractivity contribution in [2.45, 2.75) is 65.1 Å². The van der Waals surface area contributed by atoms with E-state index in [1.165, 1.54) is 0 Å². The second-order valence-electron chi connectivity index (χ2n) is 7.57. The minimum Gasteiger partial charge on any atom is -0.399 e. The highest BCUT2D eigenvalue weighted by Crippen LogP contribution is 2.36. The maximum absolute atomic E-state index is 14.4. The van der Waals surface area contributed by atoms with Gasteiger partial charge in [-0.1, -0.05) is 32.9 Å². The highest BCUT2D eigenvalue weighted by atomic mass is 19.1. The quantitative estimate of drug-likeness (QED) is 0.733. The SMILES string of the molecule is CC(C)(C)c1ccc(B2OC(C)(C)C(C)(C)O2)c(F)c1. The maximum Gasteiger partial charge on any atom is 0.497 e. The first kappa shape index (κ1) is 15.5. The molecule has 4 heteroatoms. The van der Waals surface area contributed by atoms with E-state index in [2.05, 4.69) is 20.8 Å². The van der Waals surface area contributed by atoms with Crippen molar-refractivity contribution < 1.29 is 13.7 Å². The Morgan fingerprint density at radius 1 is 1.00 bits per heavy atom. The Labute approximate surface area is 121 Å². The molecule has 0 saturated carbocycles. The Morgan fingerprint density at radius 2 is 1.50 bits per heavy atom. The van der Waals surface area contributed by atoms with Crippen LogP contribution in [0.1, 0.15) is 54.0 Å². The number of hydrogen-bond donors (Lipinski definition) is 0. The van der Waals surface area contributed by atoms with Crippen LogP contribution in [0.4, 0.5) is 4.39 Å². The molecular weight excluding hydrogens is 254 g/mol. The Hall–Kier alpha value is -0.865. The summed E-state index contributed by atoms with van der Waals surface area (Å²) in [5.41, 5.74) is 0.460. The molecule has 0 N–H and O–H groups in total. The summed E-state index contributed by atoms with van der Waals surface area (Å²) < 4.78 is 26.2. The standard InChI is InChI=1S/C16H24BFO2/c1-14(2,3)11-8-9-12(13(18)10-11)17-19-15(4,5)16(6,7)20-17/h8-10H,1-7H3. The van der Waals surface area contributed by atoms with Crippen LogP contribution in [-0.4, -0.2) is 18.3 Å². The summed E-state index contributed by atoms with van der Waals surface area (Å²) in [6, 6.07) is 5.31. The Morgan fingerprint density at radius 3 is 1.90 bits per heavy atom. The van der Waals surface area contributed by atoms with E-state index in [1.807, 2.05) is 33.8 Å². The van der Waals surface area contributed by atoms with E-state index in [0.29, 0.717) is 5.46 Å². The lowest BCUT2D eigenvalue weighted by Crippen LogP contribution is -2.41. The molecule has 0 amide bonds. The highest BCUT2D eigenvalue weighted by Gasteiger charge is 2.52. The van der Waals surface area contributed by atoms with Crippen molar-refractivity contribution >= 4 is 12.6 Å². The van der Waals surface area contributed by atoms with Crippen molar-refractivity contribution in [3.05, 3.63) is 29.6 Å². The summed E-state index contributed by atoms with van der Waals surface area (Å²) in [6.45, 7) is 14.1. The van der Waals surface area contributed by atoms with Gasteiger partial charge in [0.15, 0.2) is 0 Å². The monoisotopic (exact) mass is 278 g/mol. The van der Waals surface area contributed by atoms with Crippen LogP contribution in [-0.2, 0) is 14.7 Å². The van der Waals surface area contributed by atoms with E-state index in [9.17, 15) is 4.39 Å². The molecule has 1 aliphatic heterocycles. The molecule has 0 atom stereocenters. The molecule has 1 aromatic rings. The van der Waals surface area contributed by atoms with Crippen LogP contribution < -0.4 is 5.46 Å². The molecular formula is C16H24BFO2. The third-order valence-corrected chi connectivity index (χ3v) is 4.37. The van der Waals surface area contributed by atoms with Crippen LogP contribution in [0.5, 0.6) is 0 Å². The van der Waals surface area contributed by atoms with E-state index in [4.69, 9.17) is 9.31 Å². The van der Waals surface area contributed by atoms with Gasteiger partial charge >= 0.3 is 7.12 Å². The first-order valence-electron chi connectivity index (χ1n) is 7.10. The van der Waals surface area contributed by atoms with E-state index in [-0.39, 0.29) is 11.2 Å². The third-order valence-electron chi connectivity index (χ3n) is 4.37. The van der Waals surface area contributed by atoms with Crippen LogP contribution >= 0.6 is 0 Å². The van der Waals surface area contributed by atoms with E-state index < -0.39 is 18.3 Å². The van der Waals surface area contributed by atoms with Crippen LogP contribution in [0.3, 0.4) is 0 Å². The van der Waals surface area contributed by atoms with Gasteiger partial charge in [-0.3, -0.25) is 0 Å². The Kier molecular flexibility index (Phi) is 3.55. The highest BCUT2D eigenvalue weighted by molar-refractivity contribution is 6.62. The van der Waals surface area contributed by atoms with Gasteiger partial charge < -0.3 is 9.31 Å². The molecule has 1 heterocycles. The normalized spacial score (nSPS) is 21.3. The van der Waals surface area contributed by atoms with Crippen molar-refractivity contribution in [3.8, 4) is 0 Å². The molecule has 1 saturated heterocycles. The molecule has 2 rings (SSSR count). The van der Waals surface area contributed by atoms with Crippen LogP contribution in [0.2, 0.25) is 0 Å². The van der Waals surface area contributed by atoms with Crippen molar-refractivity contribution in [2.24, 2.45) is 0 Å². The predicted molar refractivity (Wildman–Crippen MR) is 80.8 cm³/mol. The van der Waals surface area contributed by atoms with Gasteiger partial charge in [0, 0.05) is 5.46 Å². The molecule has 2 nitrogen and oxygen atoms in total. The van der Waals surface area contributed by atoms with Crippen molar-refractivity contribution in [3.63, 3.8) is 0 Å². The molecule has 0 bridgehead atoms. The lowest BCUT2D eigenvalue weighted by atomic mass is 9.76. The van der Waals surface area contributed by atoms with Crippen LogP contribution in [0, 0.1) is 5.82 Å². The minimum absolute atomic E-state index is 0.0741. The largest absolute Gasteiger partial charge is 0.497 e. The molecule has 0 unspecified atom stereocenters. The molecule has 0 spiro atoms. The number of halogens is 1. The molecule has 1 aliphatic rings. The first-order valence-corrected chi connectivity index (χ1v) is 7.10. The van der Waals surface area contributed by atoms with Crippen molar-refractivity contribution in [2.75, 3.05) is 0 Å². The van der Waals surface area contributed by atoms with Crippen molar-refractivity contribution in [1.82, 2.24) is 0 Å². The zero-order valence-corrected chi connectivity index (χ0v) is 13.5. The molecule has 1 aromatic carbocycles. The average Bonchev–Trinajstić information content (AvgIpc) is 2.46. The molecule has 1 fully saturated rings. The summed E-state index contributed by atoms with van der Waals surface area (Å²) >= 11 is 0. The minimum atomic E-state index is -0.644. The lowest BCUT2D eigenvalue weighted by molar-refractivity contribution is 0.00578. The van der Waals surface area contributed by atoms with Gasteiger partial charge in [0.2, 0.25) is 0 Å². The van der Waals surface area contributed by atoms with Gasteiger partial charge in [0.1, 0.15) is 5.82 Å². The van der Waals surface area contributed by atoms with E-state index in [1.54, 1.807) is 12.1 Å². The molecule has 0 aliphatic carbocycles. The second-order valence-corrected chi connectivity index (χ2v) is 7.57. The van der Waals surface area contributed by atoms with Crippen LogP contribution in [0.25, 0.3) is 0 Å². The van der Waals surface area contributed by atoms with Crippen molar-refractivity contribution in [1.29, 1.82) is 0 Å². The van der Waals surface area contributed by atoms with Crippen LogP contribution in [0.15, 0.2) is 18.2 Å². The second kappa shape index (κ2) is 4.57. The van der Waals surface area contributed by atoms with E-state index in [0.717, 1.165) is 5.56 Å². The molecule has 110 valence electrons. The smallest absolute Gasteiger partial charge is 0.399 e. The van der Waals surface area contributed by atoms with Gasteiger partial charge in [-0.05, 0) is 44.7 Å². The summed E-state index contributed by atoms with van der Waals surface area (Å²) in [7, 11) is -0.644. The number of hydrogen-bond acceptors (Lipinski definition) is 2. The number of rotatable bonds is 1. The lowest BCUT2D eigenvalue weighted by Gasteiger charge is -2.32. The average molecular weight is 278 g/mol. The Balaban J connectivity index is 2.33. The van der Waals surface area contributed by atoms with Gasteiger partial charge in [0.05, 0.1) is 11.2 Å². The van der Waals surface area contributed by atoms with Gasteiger partial charge in [0.25, 0.3) is 0 Å². The zero-order valence-electron chi connectivity index (χ0n) is 13.5. The van der Waals surface area contributed by atoms with Gasteiger partial charge in [-0.15, -0.1) is 0 Å². The molecule has 0 aromatic heterocycles. The number of benzene rings is 1. The van der Waals surface area contributed by atoms with E-state index >= 15 is 0 Å². The summed E-state index contributed by atoms with van der Waals surface area (Å²) in [6.07, 6.45) is 0. The zero-order chi connectivity index (χ0) is 15.3. The molecule has 20 heavy (non-hydrogen) atoms. The summed E-state index contributed by atoms with van der Waals surface area (Å²) in [5, 5.41) is 0. The van der Waals surface area contributed by atoms with Gasteiger partial charge in [-0.2, -0.15) is 0 Å². The maximum atomic E-state index is 14.4. The third kappa shape index (κ3) is 2.64. The molecule has 0 radical (unpaired) electrons. The topological polar surface area (TPSA) is 18.5 Å². The summed E-state index contributed by atoms with van der Waals surface area (Å²) in [4.78, 5) is 0. The van der Waals surface area contributed by atoms with Gasteiger partial charge in [-0.25, -0.2) is 4.39 Å². The Bertz CT molecular complexity index is 502. The first-order chi connectivity index (χ1) is 8.94. The summed E-state index contributed by atoms with van der Waals surface area (Å²) in [5.74, 6) is -0.268. The fourth-order valence-electron chi connectivity index (χ4n) is 2.15. The predicted octanol–water partition coefficient (Wildman–Crippen LogP) is 3.42. The fraction of sp³-hybridized carbons (Fsp3) is 0.625.